The smallest absolute Gasteiger partial charge is 0.393 e. The lowest BCUT2D eigenvalue weighted by Crippen LogP contribution is -2.26. The average Bonchev–Trinajstić information content (AvgIpc) is 2.87. The molecule has 2 heterocycles. The highest BCUT2D eigenvalue weighted by Gasteiger charge is 2.35. The third kappa shape index (κ3) is 3.10. The lowest BCUT2D eigenvalue weighted by Gasteiger charge is -2.20. The molecule has 112 valence electrons. The summed E-state index contributed by atoms with van der Waals surface area (Å²) in [6.45, 7) is 2.66. The summed E-state index contributed by atoms with van der Waals surface area (Å²) in [5.74, 6) is 5.00. The van der Waals surface area contributed by atoms with E-state index in [0.717, 1.165) is 6.07 Å². The summed E-state index contributed by atoms with van der Waals surface area (Å²) in [5, 5.41) is 9.53. The standard InChI is InChI=1S/C11H16F3N5O/c1-6(20)7-2-3-19(5-7)9-4-8(11(12,13)14)16-10(17-9)18-15/h4,6-7,20H,2-3,5,15H2,1H3,(H,16,17,18). The van der Waals surface area contributed by atoms with Gasteiger partial charge < -0.3 is 10.0 Å². The van der Waals surface area contributed by atoms with Crippen LogP contribution in [0.4, 0.5) is 24.9 Å². The van der Waals surface area contributed by atoms with Gasteiger partial charge in [0.25, 0.3) is 0 Å². The molecule has 0 spiro atoms. The van der Waals surface area contributed by atoms with Crippen molar-refractivity contribution >= 4 is 11.8 Å². The zero-order valence-corrected chi connectivity index (χ0v) is 10.9. The second-order valence-corrected chi connectivity index (χ2v) is 4.81. The first-order chi connectivity index (χ1) is 9.31. The van der Waals surface area contributed by atoms with E-state index in [1.165, 1.54) is 0 Å². The van der Waals surface area contributed by atoms with Gasteiger partial charge in [0.05, 0.1) is 6.10 Å². The van der Waals surface area contributed by atoms with Gasteiger partial charge in [-0.2, -0.15) is 18.2 Å². The fourth-order valence-electron chi connectivity index (χ4n) is 2.20. The molecular formula is C11H16F3N5O. The van der Waals surface area contributed by atoms with E-state index in [1.54, 1.807) is 11.8 Å². The van der Waals surface area contributed by atoms with Crippen LogP contribution in [0.5, 0.6) is 0 Å². The molecule has 0 amide bonds. The van der Waals surface area contributed by atoms with Crippen molar-refractivity contribution in [1.82, 2.24) is 9.97 Å². The molecule has 2 rings (SSSR count). The maximum Gasteiger partial charge on any atom is 0.433 e. The quantitative estimate of drug-likeness (QED) is 0.568. The number of hydrazine groups is 1. The topological polar surface area (TPSA) is 87.3 Å². The molecule has 9 heteroatoms. The first kappa shape index (κ1) is 14.8. The first-order valence-corrected chi connectivity index (χ1v) is 6.17. The molecule has 1 saturated heterocycles. The Morgan fingerprint density at radius 2 is 2.20 bits per heavy atom. The first-order valence-electron chi connectivity index (χ1n) is 6.17. The molecule has 0 saturated carbocycles. The van der Waals surface area contributed by atoms with Crippen molar-refractivity contribution in [2.24, 2.45) is 11.8 Å². The Balaban J connectivity index is 2.28. The van der Waals surface area contributed by atoms with Crippen molar-refractivity contribution in [2.45, 2.75) is 25.6 Å². The molecule has 0 bridgehead atoms. The van der Waals surface area contributed by atoms with Gasteiger partial charge in [0.15, 0.2) is 5.69 Å². The van der Waals surface area contributed by atoms with Crippen LogP contribution in [0.25, 0.3) is 0 Å². The number of anilines is 2. The third-order valence-electron chi connectivity index (χ3n) is 3.36. The number of aliphatic hydroxyl groups excluding tert-OH is 1. The number of alkyl halides is 3. The van der Waals surface area contributed by atoms with E-state index in [1.807, 2.05) is 5.43 Å². The van der Waals surface area contributed by atoms with Crippen LogP contribution in [0.2, 0.25) is 0 Å². The highest BCUT2D eigenvalue weighted by atomic mass is 19.4. The molecule has 6 nitrogen and oxygen atoms in total. The Bertz CT molecular complexity index is 480. The maximum atomic E-state index is 12.8. The van der Waals surface area contributed by atoms with Crippen LogP contribution in [0.3, 0.4) is 0 Å². The monoisotopic (exact) mass is 291 g/mol. The predicted molar refractivity (Wildman–Crippen MR) is 66.8 cm³/mol. The zero-order chi connectivity index (χ0) is 14.9. The summed E-state index contributed by atoms with van der Waals surface area (Å²) in [4.78, 5) is 8.93. The van der Waals surface area contributed by atoms with Gasteiger partial charge in [-0.15, -0.1) is 0 Å². The van der Waals surface area contributed by atoms with Gasteiger partial charge >= 0.3 is 6.18 Å². The van der Waals surface area contributed by atoms with E-state index in [9.17, 15) is 18.3 Å². The summed E-state index contributed by atoms with van der Waals surface area (Å²) in [5.41, 5.74) is 0.994. The summed E-state index contributed by atoms with van der Waals surface area (Å²) in [6.07, 6.45) is -4.36. The number of nitrogens with zero attached hydrogens (tertiary/aromatic N) is 3. The predicted octanol–water partition coefficient (Wildman–Crippen LogP) is 0.988. The van der Waals surface area contributed by atoms with Gasteiger partial charge in [0, 0.05) is 25.1 Å². The van der Waals surface area contributed by atoms with Crippen LogP contribution in [0.15, 0.2) is 6.07 Å². The zero-order valence-electron chi connectivity index (χ0n) is 10.9. The number of nitrogen functional groups attached to an aromatic ring is 1. The second-order valence-electron chi connectivity index (χ2n) is 4.81. The number of rotatable bonds is 3. The summed E-state index contributed by atoms with van der Waals surface area (Å²) < 4.78 is 38.3. The summed E-state index contributed by atoms with van der Waals surface area (Å²) in [7, 11) is 0. The maximum absolute atomic E-state index is 12.8. The van der Waals surface area contributed by atoms with Crippen molar-refractivity contribution in [1.29, 1.82) is 0 Å². The molecule has 4 N–H and O–H groups in total. The number of hydrogen-bond acceptors (Lipinski definition) is 6. The molecular weight excluding hydrogens is 275 g/mol. The number of aromatic nitrogens is 2. The summed E-state index contributed by atoms with van der Waals surface area (Å²) >= 11 is 0. The van der Waals surface area contributed by atoms with Crippen molar-refractivity contribution in [3.8, 4) is 0 Å². The third-order valence-corrected chi connectivity index (χ3v) is 3.36. The Kier molecular flexibility index (Phi) is 4.00. The Labute approximate surface area is 113 Å². The van der Waals surface area contributed by atoms with Crippen LogP contribution < -0.4 is 16.2 Å². The van der Waals surface area contributed by atoms with Gasteiger partial charge in [-0.1, -0.05) is 0 Å². The van der Waals surface area contributed by atoms with Crippen LogP contribution in [0.1, 0.15) is 19.0 Å². The molecule has 1 aliphatic rings. The molecule has 0 aliphatic carbocycles. The van der Waals surface area contributed by atoms with Gasteiger partial charge in [-0.05, 0) is 13.3 Å². The van der Waals surface area contributed by atoms with E-state index in [4.69, 9.17) is 5.84 Å². The van der Waals surface area contributed by atoms with E-state index in [-0.39, 0.29) is 17.7 Å². The highest BCUT2D eigenvalue weighted by Crippen LogP contribution is 2.32. The van der Waals surface area contributed by atoms with Crippen LogP contribution in [-0.4, -0.2) is 34.3 Å². The Hall–Kier alpha value is -1.61. The Morgan fingerprint density at radius 1 is 1.50 bits per heavy atom. The van der Waals surface area contributed by atoms with E-state index in [2.05, 4.69) is 9.97 Å². The van der Waals surface area contributed by atoms with Crippen molar-refractivity contribution in [3.05, 3.63) is 11.8 Å². The average molecular weight is 291 g/mol. The lowest BCUT2D eigenvalue weighted by atomic mass is 10.0. The van der Waals surface area contributed by atoms with Gasteiger partial charge in [0.2, 0.25) is 5.95 Å². The van der Waals surface area contributed by atoms with Gasteiger partial charge in [-0.25, -0.2) is 10.8 Å². The molecule has 2 atom stereocenters. The van der Waals surface area contributed by atoms with Gasteiger partial charge in [0.1, 0.15) is 5.82 Å². The minimum atomic E-state index is -4.56. The molecule has 1 aromatic rings. The number of aliphatic hydroxyl groups is 1. The largest absolute Gasteiger partial charge is 0.433 e. The van der Waals surface area contributed by atoms with Crippen molar-refractivity contribution in [3.63, 3.8) is 0 Å². The van der Waals surface area contributed by atoms with Crippen LogP contribution in [-0.2, 0) is 6.18 Å². The van der Waals surface area contributed by atoms with Crippen molar-refractivity contribution in [2.75, 3.05) is 23.4 Å². The molecule has 1 fully saturated rings. The van der Waals surface area contributed by atoms with Gasteiger partial charge in [-0.3, -0.25) is 5.43 Å². The molecule has 0 radical (unpaired) electrons. The minimum absolute atomic E-state index is 0.0218. The van der Waals surface area contributed by atoms with E-state index >= 15 is 0 Å². The van der Waals surface area contributed by atoms with E-state index in [0.29, 0.717) is 19.5 Å². The molecule has 20 heavy (non-hydrogen) atoms. The van der Waals surface area contributed by atoms with E-state index < -0.39 is 18.0 Å². The molecule has 1 aromatic heterocycles. The van der Waals surface area contributed by atoms with Crippen molar-refractivity contribution < 1.29 is 18.3 Å². The van der Waals surface area contributed by atoms with Crippen LogP contribution in [0, 0.1) is 5.92 Å². The summed E-state index contributed by atoms with van der Waals surface area (Å²) in [6, 6.07) is 0.894. The fourth-order valence-corrected chi connectivity index (χ4v) is 2.20. The highest BCUT2D eigenvalue weighted by molar-refractivity contribution is 5.46. The Morgan fingerprint density at radius 3 is 2.70 bits per heavy atom. The van der Waals surface area contributed by atoms with Crippen LogP contribution >= 0.6 is 0 Å². The lowest BCUT2D eigenvalue weighted by molar-refractivity contribution is -0.141. The normalized spacial score (nSPS) is 21.1. The molecule has 0 aromatic carbocycles. The minimum Gasteiger partial charge on any atom is -0.393 e. The second kappa shape index (κ2) is 5.41. The molecule has 2 unspecified atom stereocenters. The number of nitrogens with one attached hydrogen (secondary N) is 1. The number of hydrogen-bond donors (Lipinski definition) is 3. The fraction of sp³-hybridized carbons (Fsp3) is 0.636. The number of nitrogens with two attached hydrogens (primary N) is 1. The SMILES string of the molecule is CC(O)C1CCN(c2cc(C(F)(F)F)nc(NN)n2)C1. The molecule has 1 aliphatic heterocycles. The number of halogens is 3.